The van der Waals surface area contributed by atoms with Crippen molar-refractivity contribution in [2.75, 3.05) is 0 Å². The van der Waals surface area contributed by atoms with Crippen molar-refractivity contribution in [1.29, 1.82) is 0 Å². The van der Waals surface area contributed by atoms with Crippen molar-refractivity contribution >= 4 is 23.6 Å². The lowest BCUT2D eigenvalue weighted by molar-refractivity contribution is -0.144. The van der Waals surface area contributed by atoms with Gasteiger partial charge in [-0.1, -0.05) is 42.5 Å². The van der Waals surface area contributed by atoms with Crippen LogP contribution < -0.4 is 33.4 Å². The Balaban J connectivity index is 1.84. The Morgan fingerprint density at radius 2 is 1.62 bits per heavy atom. The molecule has 0 aliphatic carbocycles. The number of carbonyl (C=O) groups excluding carboxylic acids is 4. The summed E-state index contributed by atoms with van der Waals surface area (Å²) in [6, 6.07) is 11.6. The number of nitrogens with one attached hydrogen (secondary N) is 3. The Hall–Kier alpha value is -4.62. The number of aromatic hydroxyl groups is 1. The van der Waals surface area contributed by atoms with Crippen molar-refractivity contribution < 1.29 is 24.3 Å². The highest BCUT2D eigenvalue weighted by Gasteiger charge is 2.37. The summed E-state index contributed by atoms with van der Waals surface area (Å²) in [6.07, 6.45) is 2.67. The second-order valence-electron chi connectivity index (χ2n) is 9.22. The van der Waals surface area contributed by atoms with E-state index in [0.29, 0.717) is 5.56 Å². The molecule has 0 bridgehead atoms. The van der Waals surface area contributed by atoms with Crippen LogP contribution in [0, 0.1) is 0 Å². The third-order valence-electron chi connectivity index (χ3n) is 6.23. The molecular weight excluding hydrogens is 504 g/mol. The summed E-state index contributed by atoms with van der Waals surface area (Å²) in [5, 5.41) is 19.8. The normalized spacial score (nSPS) is 16.5. The first-order chi connectivity index (χ1) is 18.5. The molecule has 39 heavy (non-hydrogen) atoms. The van der Waals surface area contributed by atoms with Crippen LogP contribution in [0.4, 0.5) is 0 Å². The number of nitrogens with zero attached hydrogens (tertiary/aromatic N) is 2. The molecule has 4 atom stereocenters. The molecule has 10 N–H and O–H groups in total. The fraction of sp³-hybridized carbons (Fsp3) is 0.308. The summed E-state index contributed by atoms with van der Waals surface area (Å²) in [5.41, 5.74) is 6.98. The zero-order valence-electron chi connectivity index (χ0n) is 21.5. The first kappa shape index (κ1) is 28.9. The number of benzene rings is 2. The Labute approximate surface area is 225 Å². The largest absolute Gasteiger partial charge is 0.508 e. The van der Waals surface area contributed by atoms with Crippen molar-refractivity contribution in [3.05, 3.63) is 78.1 Å². The van der Waals surface area contributed by atoms with Crippen molar-refractivity contribution in [3.8, 4) is 5.75 Å². The van der Waals surface area contributed by atoms with Crippen molar-refractivity contribution in [3.63, 3.8) is 0 Å². The van der Waals surface area contributed by atoms with Gasteiger partial charge in [0.2, 0.25) is 17.7 Å². The molecule has 0 saturated heterocycles. The van der Waals surface area contributed by atoms with Gasteiger partial charge in [-0.15, -0.1) is 0 Å². The second-order valence-corrected chi connectivity index (χ2v) is 9.22. The van der Waals surface area contributed by atoms with E-state index in [1.807, 2.05) is 6.07 Å². The van der Waals surface area contributed by atoms with Gasteiger partial charge >= 0.3 is 0 Å². The first-order valence-corrected chi connectivity index (χ1v) is 12.3. The average Bonchev–Trinajstić information content (AvgIpc) is 3.31. The predicted molar refractivity (Wildman–Crippen MR) is 142 cm³/mol. The Kier molecular flexibility index (Phi) is 9.84. The minimum absolute atomic E-state index is 0.0434. The van der Waals surface area contributed by atoms with Gasteiger partial charge in [-0.05, 0) is 23.3 Å². The van der Waals surface area contributed by atoms with E-state index >= 15 is 0 Å². The van der Waals surface area contributed by atoms with Crippen molar-refractivity contribution in [2.24, 2.45) is 17.4 Å². The minimum atomic E-state index is -1.30. The van der Waals surface area contributed by atoms with Crippen LogP contribution >= 0.6 is 0 Å². The van der Waals surface area contributed by atoms with Crippen LogP contribution in [0.25, 0.3) is 0 Å². The molecular formula is C26H34N8O5. The molecule has 1 aliphatic rings. The third kappa shape index (κ3) is 8.18. The monoisotopic (exact) mass is 538 g/mol. The molecule has 0 fully saturated rings. The summed E-state index contributed by atoms with van der Waals surface area (Å²) in [7, 11) is 0. The van der Waals surface area contributed by atoms with Gasteiger partial charge in [-0.3, -0.25) is 29.2 Å². The van der Waals surface area contributed by atoms with E-state index < -0.39 is 47.9 Å². The number of hydrogen-bond acceptors (Lipinski definition) is 9. The van der Waals surface area contributed by atoms with Gasteiger partial charge in [-0.2, -0.15) is 0 Å². The zero-order valence-corrected chi connectivity index (χ0v) is 21.5. The van der Waals surface area contributed by atoms with E-state index in [4.69, 9.17) is 17.4 Å². The highest BCUT2D eigenvalue weighted by Crippen LogP contribution is 2.16. The van der Waals surface area contributed by atoms with Crippen LogP contribution in [-0.2, 0) is 32.0 Å². The molecule has 208 valence electrons. The summed E-state index contributed by atoms with van der Waals surface area (Å²) >= 11 is 0. The molecule has 1 aliphatic heterocycles. The first-order valence-electron chi connectivity index (χ1n) is 12.3. The van der Waals surface area contributed by atoms with Crippen LogP contribution in [0.2, 0.25) is 0 Å². The van der Waals surface area contributed by atoms with Gasteiger partial charge in [0.15, 0.2) is 0 Å². The van der Waals surface area contributed by atoms with E-state index in [9.17, 15) is 24.3 Å². The molecule has 1 heterocycles. The Morgan fingerprint density at radius 3 is 2.18 bits per heavy atom. The van der Waals surface area contributed by atoms with Gasteiger partial charge in [0, 0.05) is 38.6 Å². The van der Waals surface area contributed by atoms with Crippen LogP contribution in [0.1, 0.15) is 24.5 Å². The number of hydrogen-bond donors (Lipinski definition) is 7. The van der Waals surface area contributed by atoms with E-state index in [1.54, 1.807) is 48.8 Å². The fourth-order valence-corrected chi connectivity index (χ4v) is 4.17. The van der Waals surface area contributed by atoms with Crippen molar-refractivity contribution in [2.45, 2.75) is 50.5 Å². The molecule has 4 amide bonds. The maximum absolute atomic E-state index is 13.5. The number of nitrogens with two attached hydrogens (primary N) is 3. The van der Waals surface area contributed by atoms with Crippen LogP contribution in [0.15, 0.2) is 67.0 Å². The number of primary amides is 1. The summed E-state index contributed by atoms with van der Waals surface area (Å²) in [5.74, 6) is 9.54. The average molecular weight is 539 g/mol. The molecule has 2 aromatic rings. The molecule has 0 aromatic heterocycles. The van der Waals surface area contributed by atoms with E-state index in [-0.39, 0.29) is 25.0 Å². The lowest BCUT2D eigenvalue weighted by atomic mass is 10.0. The van der Waals surface area contributed by atoms with Gasteiger partial charge < -0.3 is 26.8 Å². The summed E-state index contributed by atoms with van der Waals surface area (Å²) in [6.45, 7) is 1.25. The minimum Gasteiger partial charge on any atom is -0.508 e. The van der Waals surface area contributed by atoms with Crippen LogP contribution in [-0.4, -0.2) is 63.0 Å². The third-order valence-corrected chi connectivity index (χ3v) is 6.23. The highest BCUT2D eigenvalue weighted by atomic mass is 16.3. The van der Waals surface area contributed by atoms with Gasteiger partial charge in [0.25, 0.3) is 5.91 Å². The topological polar surface area (TPSA) is 209 Å². The number of phenolic OH excluding ortho intramolecular Hbond substituents is 1. The molecule has 13 heteroatoms. The lowest BCUT2D eigenvalue weighted by Crippen LogP contribution is -2.62. The zero-order chi connectivity index (χ0) is 28.5. The summed E-state index contributed by atoms with van der Waals surface area (Å²) in [4.78, 5) is 51.2. The molecule has 13 nitrogen and oxygen atoms in total. The van der Waals surface area contributed by atoms with Gasteiger partial charge in [0.1, 0.15) is 30.0 Å². The van der Waals surface area contributed by atoms with E-state index in [2.05, 4.69) is 16.0 Å². The quantitative estimate of drug-likeness (QED) is 0.0970. The van der Waals surface area contributed by atoms with E-state index in [1.165, 1.54) is 24.1 Å². The maximum atomic E-state index is 13.5. The van der Waals surface area contributed by atoms with Crippen LogP contribution in [0.5, 0.6) is 5.75 Å². The predicted octanol–water partition coefficient (Wildman–Crippen LogP) is -1.31. The molecule has 2 aromatic carbocycles. The number of carbonyl (C=O) groups is 4. The Bertz CT molecular complexity index is 1190. The van der Waals surface area contributed by atoms with Crippen molar-refractivity contribution in [1.82, 2.24) is 26.0 Å². The fourth-order valence-electron chi connectivity index (χ4n) is 4.17. The molecule has 0 spiro atoms. The number of hydrazine groups is 2. The van der Waals surface area contributed by atoms with Crippen LogP contribution in [0.3, 0.4) is 0 Å². The highest BCUT2D eigenvalue weighted by molar-refractivity contribution is 5.93. The van der Waals surface area contributed by atoms with E-state index in [0.717, 1.165) is 10.6 Å². The maximum Gasteiger partial charge on any atom is 0.260 e. The lowest BCUT2D eigenvalue weighted by Gasteiger charge is -2.33. The number of rotatable bonds is 12. The summed E-state index contributed by atoms with van der Waals surface area (Å²) < 4.78 is 0. The van der Waals surface area contributed by atoms with Gasteiger partial charge in [-0.25, -0.2) is 11.7 Å². The second kappa shape index (κ2) is 13.3. The molecule has 0 radical (unpaired) electrons. The molecule has 3 rings (SSSR count). The van der Waals surface area contributed by atoms with Gasteiger partial charge in [0.05, 0.1) is 0 Å². The molecule has 0 saturated carbocycles. The number of phenols is 1. The standard InChI is InChI=1S/C26H34N8O5/c1-16(35)31-21(14-18-7-9-19(36)10-8-18)26(39)34(29)22(15-23-30-11-12-33(23)28)25(38)32-20(24(27)37)13-17-5-3-2-4-6-17/h2-12,20-23,30,36H,13-15,28-29H2,1H3,(H2,27,37)(H,31,35)(H,32,38). The smallest absolute Gasteiger partial charge is 0.260 e. The SMILES string of the molecule is CC(=O)NC(Cc1ccc(O)cc1)C(=O)N(N)C(CC1NC=CN1N)C(=O)NC(Cc1ccccc1)C(N)=O. The Morgan fingerprint density at radius 1 is 1.00 bits per heavy atom. The number of amides is 4. The molecule has 4 unspecified atom stereocenters.